The molecule has 0 aliphatic heterocycles. The van der Waals surface area contributed by atoms with Crippen molar-refractivity contribution in [2.24, 2.45) is 0 Å². The van der Waals surface area contributed by atoms with E-state index in [1.54, 1.807) is 6.07 Å². The quantitative estimate of drug-likeness (QED) is 0.537. The molecule has 1 heterocycles. The number of halogens is 2. The van der Waals surface area contributed by atoms with E-state index in [9.17, 15) is 0 Å². The molecule has 0 unspecified atom stereocenters. The Morgan fingerprint density at radius 2 is 1.86 bits per heavy atom. The maximum Gasteiger partial charge on any atom is 0.223 e. The molecular weight excluding hydrogens is 396 g/mol. The second-order valence-corrected chi connectivity index (χ2v) is 6.11. The van der Waals surface area contributed by atoms with E-state index in [-0.39, 0.29) is 0 Å². The van der Waals surface area contributed by atoms with Crippen LogP contribution in [0.4, 0.5) is 0 Å². The largest absolute Gasteiger partial charge is 0.438 e. The van der Waals surface area contributed by atoms with E-state index in [1.807, 2.05) is 31.2 Å². The maximum atomic E-state index is 5.91. The van der Waals surface area contributed by atoms with E-state index in [0.717, 1.165) is 37.8 Å². The number of benzene rings is 2. The second-order valence-electron chi connectivity index (χ2n) is 4.50. The lowest BCUT2D eigenvalue weighted by atomic mass is 10.1. The van der Waals surface area contributed by atoms with Crippen molar-refractivity contribution in [2.75, 3.05) is 0 Å². The lowest BCUT2D eigenvalue weighted by molar-refractivity contribution is 0.456. The Morgan fingerprint density at radius 1 is 1.05 bits per heavy atom. The highest BCUT2D eigenvalue weighted by atomic mass is 79.9. The molecule has 5 heteroatoms. The molecule has 0 amide bonds. The van der Waals surface area contributed by atoms with Crippen molar-refractivity contribution >= 4 is 42.6 Å². The third kappa shape index (κ3) is 3.09. The average molecular weight is 408 g/mol. The molecule has 21 heavy (non-hydrogen) atoms. The lowest BCUT2D eigenvalue weighted by Gasteiger charge is -2.10. The summed E-state index contributed by atoms with van der Waals surface area (Å²) in [7, 11) is 0. The van der Waals surface area contributed by atoms with Gasteiger partial charge in [-0.2, -0.15) is 4.98 Å². The molecule has 0 saturated carbocycles. The SMILES string of the molecule is CCc1nc(Br)cc(Oc2ccc3ccccc3c2Br)n1. The van der Waals surface area contributed by atoms with E-state index < -0.39 is 0 Å². The van der Waals surface area contributed by atoms with Crippen molar-refractivity contribution in [3.63, 3.8) is 0 Å². The minimum Gasteiger partial charge on any atom is -0.438 e. The van der Waals surface area contributed by atoms with Crippen molar-refractivity contribution in [3.05, 3.63) is 57.4 Å². The van der Waals surface area contributed by atoms with Gasteiger partial charge in [0, 0.05) is 12.5 Å². The number of rotatable bonds is 3. The number of aromatic nitrogens is 2. The van der Waals surface area contributed by atoms with Gasteiger partial charge in [0.2, 0.25) is 5.88 Å². The van der Waals surface area contributed by atoms with E-state index in [0.29, 0.717) is 5.88 Å². The van der Waals surface area contributed by atoms with Gasteiger partial charge < -0.3 is 4.74 Å². The van der Waals surface area contributed by atoms with Crippen molar-refractivity contribution in [1.29, 1.82) is 0 Å². The van der Waals surface area contributed by atoms with Gasteiger partial charge in [0.1, 0.15) is 16.2 Å². The van der Waals surface area contributed by atoms with E-state index in [2.05, 4.69) is 54.0 Å². The summed E-state index contributed by atoms with van der Waals surface area (Å²) < 4.78 is 7.56. The van der Waals surface area contributed by atoms with Crippen molar-refractivity contribution in [2.45, 2.75) is 13.3 Å². The van der Waals surface area contributed by atoms with Crippen LogP contribution in [0.3, 0.4) is 0 Å². The first-order valence-electron chi connectivity index (χ1n) is 6.56. The molecular formula is C16H12Br2N2O. The van der Waals surface area contributed by atoms with E-state index in [1.165, 1.54) is 0 Å². The number of nitrogens with zero attached hydrogens (tertiary/aromatic N) is 2. The first-order valence-corrected chi connectivity index (χ1v) is 8.14. The molecule has 0 aliphatic carbocycles. The Balaban J connectivity index is 2.02. The molecule has 0 fully saturated rings. The van der Waals surface area contributed by atoms with Crippen LogP contribution in [0.1, 0.15) is 12.7 Å². The van der Waals surface area contributed by atoms with Crippen LogP contribution in [0.25, 0.3) is 10.8 Å². The molecule has 3 aromatic rings. The van der Waals surface area contributed by atoms with Gasteiger partial charge in [0.05, 0.1) is 4.47 Å². The Bertz CT molecular complexity index is 805. The van der Waals surface area contributed by atoms with Crippen LogP contribution in [0.15, 0.2) is 51.5 Å². The molecule has 1 aromatic heterocycles. The standard InChI is InChI=1S/C16H12Br2N2O/c1-2-14-19-13(17)9-15(20-14)21-12-8-7-10-5-3-4-6-11(10)16(12)18/h3-9H,2H2,1H3. The fraction of sp³-hybridized carbons (Fsp3) is 0.125. The molecule has 3 nitrogen and oxygen atoms in total. The minimum atomic E-state index is 0.532. The molecule has 0 saturated heterocycles. The zero-order chi connectivity index (χ0) is 14.8. The predicted molar refractivity (Wildman–Crippen MR) is 90.8 cm³/mol. The fourth-order valence-electron chi connectivity index (χ4n) is 2.06. The Hall–Kier alpha value is -1.46. The van der Waals surface area contributed by atoms with Gasteiger partial charge in [-0.3, -0.25) is 0 Å². The number of hydrogen-bond donors (Lipinski definition) is 0. The van der Waals surface area contributed by atoms with Crippen LogP contribution < -0.4 is 4.74 Å². The summed E-state index contributed by atoms with van der Waals surface area (Å²) in [5, 5.41) is 2.27. The smallest absolute Gasteiger partial charge is 0.223 e. The summed E-state index contributed by atoms with van der Waals surface area (Å²) in [6, 6.07) is 13.9. The monoisotopic (exact) mass is 406 g/mol. The van der Waals surface area contributed by atoms with Gasteiger partial charge in [0.15, 0.2) is 0 Å². The normalized spacial score (nSPS) is 10.8. The van der Waals surface area contributed by atoms with Crippen molar-refractivity contribution < 1.29 is 4.74 Å². The van der Waals surface area contributed by atoms with Crippen LogP contribution in [0, 0.1) is 0 Å². The van der Waals surface area contributed by atoms with Gasteiger partial charge in [-0.05, 0) is 48.7 Å². The first kappa shape index (κ1) is 14.5. The summed E-state index contributed by atoms with van der Waals surface area (Å²) >= 11 is 7.00. The Kier molecular flexibility index (Phi) is 4.22. The van der Waals surface area contributed by atoms with E-state index in [4.69, 9.17) is 4.74 Å². The Labute approximate surface area is 139 Å². The molecule has 3 rings (SSSR count). The number of fused-ring (bicyclic) bond motifs is 1. The van der Waals surface area contributed by atoms with E-state index >= 15 is 0 Å². The average Bonchev–Trinajstić information content (AvgIpc) is 2.50. The molecule has 2 aromatic carbocycles. The Morgan fingerprint density at radius 3 is 2.67 bits per heavy atom. The minimum absolute atomic E-state index is 0.532. The zero-order valence-electron chi connectivity index (χ0n) is 11.3. The lowest BCUT2D eigenvalue weighted by Crippen LogP contribution is -1.97. The van der Waals surface area contributed by atoms with Crippen molar-refractivity contribution in [3.8, 4) is 11.6 Å². The van der Waals surface area contributed by atoms with Gasteiger partial charge in [-0.1, -0.05) is 37.3 Å². The summed E-state index contributed by atoms with van der Waals surface area (Å²) in [4.78, 5) is 8.66. The van der Waals surface area contributed by atoms with Crippen LogP contribution in [-0.4, -0.2) is 9.97 Å². The number of hydrogen-bond acceptors (Lipinski definition) is 3. The van der Waals surface area contributed by atoms with Crippen LogP contribution >= 0.6 is 31.9 Å². The zero-order valence-corrected chi connectivity index (χ0v) is 14.5. The second kappa shape index (κ2) is 6.12. The summed E-state index contributed by atoms with van der Waals surface area (Å²) in [6.45, 7) is 2.01. The highest BCUT2D eigenvalue weighted by Crippen LogP contribution is 2.35. The molecule has 106 valence electrons. The molecule has 0 bridgehead atoms. The van der Waals surface area contributed by atoms with Gasteiger partial charge in [-0.15, -0.1) is 0 Å². The number of ether oxygens (including phenoxy) is 1. The fourth-order valence-corrected chi connectivity index (χ4v) is 3.03. The highest BCUT2D eigenvalue weighted by molar-refractivity contribution is 9.11. The van der Waals surface area contributed by atoms with Crippen molar-refractivity contribution in [1.82, 2.24) is 9.97 Å². The summed E-state index contributed by atoms with van der Waals surface area (Å²) in [6.07, 6.45) is 0.759. The topological polar surface area (TPSA) is 35.0 Å². The third-order valence-corrected chi connectivity index (χ3v) is 4.30. The van der Waals surface area contributed by atoms with Gasteiger partial charge >= 0.3 is 0 Å². The molecule has 0 atom stereocenters. The molecule has 0 aliphatic rings. The number of aryl methyl sites for hydroxylation is 1. The maximum absolute atomic E-state index is 5.91. The molecule has 0 radical (unpaired) electrons. The molecule has 0 spiro atoms. The van der Waals surface area contributed by atoms with Crippen LogP contribution in [-0.2, 0) is 6.42 Å². The summed E-state index contributed by atoms with van der Waals surface area (Å²) in [5.74, 6) is 2.02. The van der Waals surface area contributed by atoms with Crippen LogP contribution in [0.5, 0.6) is 11.6 Å². The predicted octanol–water partition coefficient (Wildman–Crippen LogP) is 5.51. The van der Waals surface area contributed by atoms with Gasteiger partial charge in [-0.25, -0.2) is 4.98 Å². The summed E-state index contributed by atoms with van der Waals surface area (Å²) in [5.41, 5.74) is 0. The third-order valence-electron chi connectivity index (χ3n) is 3.08. The van der Waals surface area contributed by atoms with Gasteiger partial charge in [0.25, 0.3) is 0 Å². The first-order chi connectivity index (χ1) is 10.2. The van der Waals surface area contributed by atoms with Crippen LogP contribution in [0.2, 0.25) is 0 Å². The highest BCUT2D eigenvalue weighted by Gasteiger charge is 2.09. The molecule has 0 N–H and O–H groups in total.